The fourth-order valence-corrected chi connectivity index (χ4v) is 1.99. The van der Waals surface area contributed by atoms with E-state index in [-0.39, 0.29) is 0 Å². The summed E-state index contributed by atoms with van der Waals surface area (Å²) in [5, 5.41) is 4.03. The van der Waals surface area contributed by atoms with Crippen molar-refractivity contribution in [2.24, 2.45) is 5.73 Å². The van der Waals surface area contributed by atoms with E-state index in [1.54, 1.807) is 0 Å². The zero-order valence-corrected chi connectivity index (χ0v) is 11.5. The summed E-state index contributed by atoms with van der Waals surface area (Å²) in [7, 11) is 0. The average Bonchev–Trinajstić information content (AvgIpc) is 2.91. The molecule has 0 saturated carbocycles. The lowest BCUT2D eigenvalue weighted by atomic mass is 10.1. The maximum Gasteiger partial charge on any atom is 0.266 e. The third kappa shape index (κ3) is 3.12. The molecule has 5 heteroatoms. The Morgan fingerprint density at radius 2 is 2.05 bits per heavy atom. The van der Waals surface area contributed by atoms with Crippen molar-refractivity contribution in [1.82, 2.24) is 10.1 Å². The first kappa shape index (κ1) is 13.5. The number of nitrogens with zero attached hydrogens (tertiary/aromatic N) is 3. The summed E-state index contributed by atoms with van der Waals surface area (Å²) in [6.45, 7) is 6.51. The Morgan fingerprint density at radius 1 is 1.26 bits per heavy atom. The standard InChI is InChI=1S/C14H20N4O/c1-3-18(4-2)14-16-13(19-17-14)12-7-5-6-11(10-12)8-9-15/h5-7,10H,3-4,8-9,15H2,1-2H3. The van der Waals surface area contributed by atoms with Crippen molar-refractivity contribution in [2.75, 3.05) is 24.5 Å². The fourth-order valence-electron chi connectivity index (χ4n) is 1.99. The highest BCUT2D eigenvalue weighted by Gasteiger charge is 2.12. The fraction of sp³-hybridized carbons (Fsp3) is 0.429. The van der Waals surface area contributed by atoms with Gasteiger partial charge in [-0.1, -0.05) is 12.1 Å². The van der Waals surface area contributed by atoms with E-state index in [0.29, 0.717) is 18.4 Å². The van der Waals surface area contributed by atoms with E-state index in [1.807, 2.05) is 18.2 Å². The Morgan fingerprint density at radius 3 is 2.74 bits per heavy atom. The maximum atomic E-state index is 5.57. The normalized spacial score (nSPS) is 10.7. The largest absolute Gasteiger partial charge is 0.339 e. The topological polar surface area (TPSA) is 68.2 Å². The number of hydrogen-bond acceptors (Lipinski definition) is 5. The van der Waals surface area contributed by atoms with Crippen molar-refractivity contribution >= 4 is 5.95 Å². The summed E-state index contributed by atoms with van der Waals surface area (Å²) in [5.74, 6) is 1.20. The van der Waals surface area contributed by atoms with Gasteiger partial charge in [-0.2, -0.15) is 4.98 Å². The van der Waals surface area contributed by atoms with Gasteiger partial charge in [0.05, 0.1) is 0 Å². The Balaban J connectivity index is 2.24. The predicted octanol–water partition coefficient (Wildman–Crippen LogP) is 2.08. The van der Waals surface area contributed by atoms with Gasteiger partial charge in [0, 0.05) is 18.7 Å². The first-order chi connectivity index (χ1) is 9.28. The van der Waals surface area contributed by atoms with Gasteiger partial charge < -0.3 is 15.2 Å². The minimum atomic E-state index is 0.556. The summed E-state index contributed by atoms with van der Waals surface area (Å²) in [4.78, 5) is 6.49. The lowest BCUT2D eigenvalue weighted by Crippen LogP contribution is -2.22. The monoisotopic (exact) mass is 260 g/mol. The van der Waals surface area contributed by atoms with Gasteiger partial charge in [0.2, 0.25) is 0 Å². The molecule has 2 N–H and O–H groups in total. The van der Waals surface area contributed by atoms with E-state index in [0.717, 1.165) is 25.1 Å². The molecule has 0 spiro atoms. The molecule has 2 aromatic rings. The quantitative estimate of drug-likeness (QED) is 0.861. The Kier molecular flexibility index (Phi) is 4.52. The molecule has 1 heterocycles. The first-order valence-electron chi connectivity index (χ1n) is 6.66. The minimum Gasteiger partial charge on any atom is -0.339 e. The van der Waals surface area contributed by atoms with Crippen molar-refractivity contribution in [3.05, 3.63) is 29.8 Å². The third-order valence-corrected chi connectivity index (χ3v) is 3.07. The van der Waals surface area contributed by atoms with Gasteiger partial charge in [-0.15, -0.1) is 0 Å². The van der Waals surface area contributed by atoms with Crippen molar-refractivity contribution in [1.29, 1.82) is 0 Å². The van der Waals surface area contributed by atoms with E-state index in [4.69, 9.17) is 10.3 Å². The first-order valence-corrected chi connectivity index (χ1v) is 6.66. The molecule has 0 atom stereocenters. The van der Waals surface area contributed by atoms with Crippen molar-refractivity contribution < 1.29 is 4.52 Å². The van der Waals surface area contributed by atoms with Crippen LogP contribution in [0.2, 0.25) is 0 Å². The molecule has 102 valence electrons. The summed E-state index contributed by atoms with van der Waals surface area (Å²) in [5.41, 5.74) is 7.70. The van der Waals surface area contributed by atoms with Gasteiger partial charge in [-0.25, -0.2) is 0 Å². The van der Waals surface area contributed by atoms with Gasteiger partial charge >= 0.3 is 0 Å². The van der Waals surface area contributed by atoms with Gasteiger partial charge in [0.25, 0.3) is 11.8 Å². The molecular formula is C14H20N4O. The second-order valence-corrected chi connectivity index (χ2v) is 4.31. The summed E-state index contributed by atoms with van der Waals surface area (Å²) < 4.78 is 5.33. The molecule has 1 aromatic carbocycles. The smallest absolute Gasteiger partial charge is 0.266 e. The summed E-state index contributed by atoms with van der Waals surface area (Å²) >= 11 is 0. The maximum absolute atomic E-state index is 5.57. The van der Waals surface area contributed by atoms with Crippen LogP contribution in [0.15, 0.2) is 28.8 Å². The molecule has 0 amide bonds. The molecule has 0 aliphatic heterocycles. The molecule has 0 fully saturated rings. The third-order valence-electron chi connectivity index (χ3n) is 3.07. The Bertz CT molecular complexity index is 520. The zero-order valence-electron chi connectivity index (χ0n) is 11.5. The van der Waals surface area contributed by atoms with Gasteiger partial charge in [0.1, 0.15) is 0 Å². The van der Waals surface area contributed by atoms with E-state index < -0.39 is 0 Å². The second kappa shape index (κ2) is 6.33. The number of hydrogen-bond donors (Lipinski definition) is 1. The number of rotatable bonds is 6. The van der Waals surface area contributed by atoms with Crippen LogP contribution >= 0.6 is 0 Å². The second-order valence-electron chi connectivity index (χ2n) is 4.31. The summed E-state index contributed by atoms with van der Waals surface area (Å²) in [6.07, 6.45) is 0.852. The number of nitrogens with two attached hydrogens (primary N) is 1. The van der Waals surface area contributed by atoms with Crippen LogP contribution in [0, 0.1) is 0 Å². The zero-order chi connectivity index (χ0) is 13.7. The van der Waals surface area contributed by atoms with Crippen LogP contribution in [0.4, 0.5) is 5.95 Å². The highest BCUT2D eigenvalue weighted by molar-refractivity contribution is 5.55. The average molecular weight is 260 g/mol. The minimum absolute atomic E-state index is 0.556. The molecular weight excluding hydrogens is 240 g/mol. The molecule has 1 aromatic heterocycles. The SMILES string of the molecule is CCN(CC)c1noc(-c2cccc(CCN)c2)n1. The van der Waals surface area contributed by atoms with Crippen LogP contribution in [-0.4, -0.2) is 29.8 Å². The molecule has 5 nitrogen and oxygen atoms in total. The van der Waals surface area contributed by atoms with Crippen molar-refractivity contribution in [2.45, 2.75) is 20.3 Å². The Hall–Kier alpha value is -1.88. The molecule has 0 saturated heterocycles. The van der Waals surface area contributed by atoms with E-state index in [1.165, 1.54) is 5.56 Å². The molecule has 0 radical (unpaired) electrons. The summed E-state index contributed by atoms with van der Waals surface area (Å²) in [6, 6.07) is 8.06. The van der Waals surface area contributed by atoms with E-state index in [2.05, 4.69) is 35.0 Å². The van der Waals surface area contributed by atoms with Crippen molar-refractivity contribution in [3.63, 3.8) is 0 Å². The van der Waals surface area contributed by atoms with E-state index >= 15 is 0 Å². The van der Waals surface area contributed by atoms with Crippen LogP contribution in [-0.2, 0) is 6.42 Å². The molecule has 19 heavy (non-hydrogen) atoms. The van der Waals surface area contributed by atoms with Crippen LogP contribution < -0.4 is 10.6 Å². The van der Waals surface area contributed by atoms with Crippen LogP contribution in [0.5, 0.6) is 0 Å². The van der Waals surface area contributed by atoms with Crippen LogP contribution in [0.3, 0.4) is 0 Å². The number of aromatic nitrogens is 2. The highest BCUT2D eigenvalue weighted by atomic mass is 16.5. The van der Waals surface area contributed by atoms with Gasteiger partial charge in [-0.05, 0) is 49.7 Å². The van der Waals surface area contributed by atoms with Gasteiger partial charge in [0.15, 0.2) is 0 Å². The molecule has 2 rings (SSSR count). The highest BCUT2D eigenvalue weighted by Crippen LogP contribution is 2.21. The number of anilines is 1. The predicted molar refractivity (Wildman–Crippen MR) is 76.1 cm³/mol. The molecule has 0 aliphatic carbocycles. The Labute approximate surface area is 113 Å². The van der Waals surface area contributed by atoms with Crippen molar-refractivity contribution in [3.8, 4) is 11.5 Å². The lowest BCUT2D eigenvalue weighted by Gasteiger charge is -2.14. The lowest BCUT2D eigenvalue weighted by molar-refractivity contribution is 0.429. The van der Waals surface area contributed by atoms with Gasteiger partial charge in [-0.3, -0.25) is 0 Å². The van der Waals surface area contributed by atoms with Crippen LogP contribution in [0.1, 0.15) is 19.4 Å². The van der Waals surface area contributed by atoms with Crippen LogP contribution in [0.25, 0.3) is 11.5 Å². The molecule has 0 aliphatic rings. The van der Waals surface area contributed by atoms with E-state index in [9.17, 15) is 0 Å². The molecule has 0 bridgehead atoms. The number of benzene rings is 1. The molecule has 0 unspecified atom stereocenters.